The lowest BCUT2D eigenvalue weighted by Gasteiger charge is -2.18. The van der Waals surface area contributed by atoms with E-state index in [9.17, 15) is 0 Å². The fourth-order valence-corrected chi connectivity index (χ4v) is 1.56. The molecule has 0 bridgehead atoms. The van der Waals surface area contributed by atoms with E-state index in [1.165, 1.54) is 5.56 Å². The fraction of sp³-hybridized carbons (Fsp3) is 0.400. The third-order valence-corrected chi connectivity index (χ3v) is 2.38. The monoisotopic (exact) mass is 227 g/mol. The average molecular weight is 228 g/mol. The summed E-state index contributed by atoms with van der Waals surface area (Å²) in [6.45, 7) is 4.07. The summed E-state index contributed by atoms with van der Waals surface area (Å²) >= 11 is 3.49. The molecule has 0 aromatic heterocycles. The third kappa shape index (κ3) is 2.95. The van der Waals surface area contributed by atoms with Gasteiger partial charge >= 0.3 is 0 Å². The van der Waals surface area contributed by atoms with E-state index < -0.39 is 0 Å². The zero-order valence-corrected chi connectivity index (χ0v) is 9.06. The van der Waals surface area contributed by atoms with E-state index in [0.717, 1.165) is 10.9 Å². The van der Waals surface area contributed by atoms with Crippen molar-refractivity contribution < 1.29 is 0 Å². The quantitative estimate of drug-likeness (QED) is 0.827. The Balaban J connectivity index is 2.83. The maximum atomic E-state index is 5.92. The van der Waals surface area contributed by atoms with Gasteiger partial charge in [-0.3, -0.25) is 0 Å². The normalized spacial score (nSPS) is 11.7. The van der Waals surface area contributed by atoms with Crippen LogP contribution in [0.4, 0.5) is 0 Å². The molecule has 2 heteroatoms. The Morgan fingerprint density at radius 2 is 1.92 bits per heavy atom. The molecule has 1 aromatic rings. The number of nitrogens with two attached hydrogens (primary N) is 1. The third-order valence-electron chi connectivity index (χ3n) is 1.60. The fourth-order valence-electron chi connectivity index (χ4n) is 1.13. The summed E-state index contributed by atoms with van der Waals surface area (Å²) in [5.74, 6) is 0. The first kappa shape index (κ1) is 9.75. The van der Waals surface area contributed by atoms with E-state index in [1.54, 1.807) is 0 Å². The zero-order chi connectivity index (χ0) is 9.19. The lowest BCUT2D eigenvalue weighted by atomic mass is 9.96. The van der Waals surface area contributed by atoms with Gasteiger partial charge in [0.05, 0.1) is 0 Å². The highest BCUT2D eigenvalue weighted by molar-refractivity contribution is 9.10. The highest BCUT2D eigenvalue weighted by atomic mass is 79.9. The Morgan fingerprint density at radius 3 is 2.42 bits per heavy atom. The first-order valence-corrected chi connectivity index (χ1v) is 4.81. The van der Waals surface area contributed by atoms with Crippen LogP contribution in [0.25, 0.3) is 0 Å². The Labute approximate surface area is 82.1 Å². The minimum atomic E-state index is -0.135. The molecule has 0 radical (unpaired) electrons. The zero-order valence-electron chi connectivity index (χ0n) is 7.47. The van der Waals surface area contributed by atoms with Gasteiger partial charge in [-0.1, -0.05) is 34.1 Å². The van der Waals surface area contributed by atoms with Crippen LogP contribution in [0.5, 0.6) is 0 Å². The van der Waals surface area contributed by atoms with Crippen molar-refractivity contribution in [2.45, 2.75) is 25.8 Å². The number of hydrogen-bond donors (Lipinski definition) is 1. The molecular formula is C10H14BrN. The second-order valence-electron chi connectivity index (χ2n) is 3.76. The van der Waals surface area contributed by atoms with Gasteiger partial charge in [0.15, 0.2) is 0 Å². The number of rotatable bonds is 2. The Bertz CT molecular complexity index is 263. The molecule has 0 fully saturated rings. The van der Waals surface area contributed by atoms with Crippen molar-refractivity contribution in [3.8, 4) is 0 Å². The van der Waals surface area contributed by atoms with Gasteiger partial charge in [0, 0.05) is 10.0 Å². The van der Waals surface area contributed by atoms with Crippen LogP contribution in [-0.4, -0.2) is 5.54 Å². The van der Waals surface area contributed by atoms with Crippen LogP contribution < -0.4 is 5.73 Å². The molecule has 0 saturated carbocycles. The van der Waals surface area contributed by atoms with Crippen LogP contribution in [0.1, 0.15) is 19.4 Å². The molecule has 1 rings (SSSR count). The van der Waals surface area contributed by atoms with Crippen LogP contribution in [0.3, 0.4) is 0 Å². The molecule has 0 aliphatic heterocycles. The minimum absolute atomic E-state index is 0.135. The molecule has 0 unspecified atom stereocenters. The van der Waals surface area contributed by atoms with E-state index in [2.05, 4.69) is 22.0 Å². The predicted octanol–water partition coefficient (Wildman–Crippen LogP) is 2.73. The Kier molecular flexibility index (Phi) is 2.91. The van der Waals surface area contributed by atoms with Crippen LogP contribution in [-0.2, 0) is 6.42 Å². The molecule has 1 aromatic carbocycles. The van der Waals surface area contributed by atoms with Gasteiger partial charge in [0.25, 0.3) is 0 Å². The summed E-state index contributed by atoms with van der Waals surface area (Å²) in [5, 5.41) is 0. The SMILES string of the molecule is CC(C)(N)Cc1ccccc1Br. The average Bonchev–Trinajstić information content (AvgIpc) is 1.91. The second-order valence-corrected chi connectivity index (χ2v) is 4.61. The lowest BCUT2D eigenvalue weighted by Crippen LogP contribution is -2.34. The molecule has 0 atom stereocenters. The standard InChI is InChI=1S/C10H14BrN/c1-10(2,12)7-8-5-3-4-6-9(8)11/h3-6H,7,12H2,1-2H3. The van der Waals surface area contributed by atoms with Crippen molar-refractivity contribution in [3.63, 3.8) is 0 Å². The minimum Gasteiger partial charge on any atom is -0.325 e. The number of hydrogen-bond acceptors (Lipinski definition) is 1. The molecule has 66 valence electrons. The van der Waals surface area contributed by atoms with Gasteiger partial charge in [-0.05, 0) is 31.9 Å². The highest BCUT2D eigenvalue weighted by Crippen LogP contribution is 2.19. The van der Waals surface area contributed by atoms with Crippen molar-refractivity contribution in [1.82, 2.24) is 0 Å². The molecule has 2 N–H and O–H groups in total. The smallest absolute Gasteiger partial charge is 0.0207 e. The summed E-state index contributed by atoms with van der Waals surface area (Å²) in [5.41, 5.74) is 7.05. The molecule has 0 amide bonds. The van der Waals surface area contributed by atoms with Crippen molar-refractivity contribution in [1.29, 1.82) is 0 Å². The van der Waals surface area contributed by atoms with Crippen molar-refractivity contribution in [3.05, 3.63) is 34.3 Å². The molecule has 1 nitrogen and oxygen atoms in total. The van der Waals surface area contributed by atoms with E-state index in [-0.39, 0.29) is 5.54 Å². The van der Waals surface area contributed by atoms with E-state index in [1.807, 2.05) is 32.0 Å². The summed E-state index contributed by atoms with van der Waals surface area (Å²) in [6.07, 6.45) is 0.897. The number of halogens is 1. The van der Waals surface area contributed by atoms with Crippen molar-refractivity contribution in [2.24, 2.45) is 5.73 Å². The molecule has 0 aliphatic rings. The summed E-state index contributed by atoms with van der Waals surface area (Å²) in [6, 6.07) is 8.18. The van der Waals surface area contributed by atoms with Gasteiger partial charge in [-0.25, -0.2) is 0 Å². The van der Waals surface area contributed by atoms with E-state index in [4.69, 9.17) is 5.73 Å². The van der Waals surface area contributed by atoms with E-state index >= 15 is 0 Å². The topological polar surface area (TPSA) is 26.0 Å². The molecule has 0 heterocycles. The van der Waals surface area contributed by atoms with Crippen molar-refractivity contribution in [2.75, 3.05) is 0 Å². The predicted molar refractivity (Wildman–Crippen MR) is 56.1 cm³/mol. The molecular weight excluding hydrogens is 214 g/mol. The molecule has 12 heavy (non-hydrogen) atoms. The first-order valence-electron chi connectivity index (χ1n) is 4.01. The van der Waals surface area contributed by atoms with Gasteiger partial charge in [-0.2, -0.15) is 0 Å². The van der Waals surface area contributed by atoms with Gasteiger partial charge in [-0.15, -0.1) is 0 Å². The molecule has 0 saturated heterocycles. The summed E-state index contributed by atoms with van der Waals surface area (Å²) < 4.78 is 1.14. The van der Waals surface area contributed by atoms with Crippen LogP contribution in [0.2, 0.25) is 0 Å². The molecule has 0 spiro atoms. The van der Waals surface area contributed by atoms with Crippen LogP contribution in [0, 0.1) is 0 Å². The van der Waals surface area contributed by atoms with Crippen molar-refractivity contribution >= 4 is 15.9 Å². The van der Waals surface area contributed by atoms with Crippen LogP contribution >= 0.6 is 15.9 Å². The first-order chi connectivity index (χ1) is 5.49. The summed E-state index contributed by atoms with van der Waals surface area (Å²) in [4.78, 5) is 0. The largest absolute Gasteiger partial charge is 0.325 e. The Morgan fingerprint density at radius 1 is 1.33 bits per heavy atom. The number of benzene rings is 1. The van der Waals surface area contributed by atoms with Crippen LogP contribution in [0.15, 0.2) is 28.7 Å². The van der Waals surface area contributed by atoms with E-state index in [0.29, 0.717) is 0 Å². The maximum Gasteiger partial charge on any atom is 0.0207 e. The highest BCUT2D eigenvalue weighted by Gasteiger charge is 2.12. The summed E-state index contributed by atoms with van der Waals surface area (Å²) in [7, 11) is 0. The van der Waals surface area contributed by atoms with Gasteiger partial charge < -0.3 is 5.73 Å². The maximum absolute atomic E-state index is 5.92. The van der Waals surface area contributed by atoms with Gasteiger partial charge in [0.1, 0.15) is 0 Å². The Hall–Kier alpha value is -0.340. The lowest BCUT2D eigenvalue weighted by molar-refractivity contribution is 0.516. The van der Waals surface area contributed by atoms with Gasteiger partial charge in [0.2, 0.25) is 0 Å². The second kappa shape index (κ2) is 3.58. The molecule has 0 aliphatic carbocycles.